The molecular formula is C12H17N3O5. The minimum Gasteiger partial charge on any atom is -0.451 e. The SMILES string of the molecule is COCCN1CC(CNC(=O)c2cocn2)OCC1=O. The summed E-state index contributed by atoms with van der Waals surface area (Å²) in [7, 11) is 1.58. The Morgan fingerprint density at radius 1 is 1.65 bits per heavy atom. The van der Waals surface area contributed by atoms with Gasteiger partial charge in [-0.3, -0.25) is 9.59 Å². The Morgan fingerprint density at radius 2 is 2.50 bits per heavy atom. The van der Waals surface area contributed by atoms with Crippen molar-refractivity contribution in [2.24, 2.45) is 0 Å². The van der Waals surface area contributed by atoms with E-state index in [4.69, 9.17) is 13.9 Å². The molecule has 1 aromatic rings. The molecule has 1 unspecified atom stereocenters. The third-order valence-corrected chi connectivity index (χ3v) is 2.94. The van der Waals surface area contributed by atoms with Crippen LogP contribution in [0.15, 0.2) is 17.1 Å². The van der Waals surface area contributed by atoms with Crippen LogP contribution in [-0.2, 0) is 14.3 Å². The van der Waals surface area contributed by atoms with Crippen LogP contribution >= 0.6 is 0 Å². The highest BCUT2D eigenvalue weighted by molar-refractivity contribution is 5.91. The van der Waals surface area contributed by atoms with E-state index >= 15 is 0 Å². The van der Waals surface area contributed by atoms with E-state index in [-0.39, 0.29) is 30.2 Å². The third-order valence-electron chi connectivity index (χ3n) is 2.94. The molecule has 0 bridgehead atoms. The molecular weight excluding hydrogens is 266 g/mol. The van der Waals surface area contributed by atoms with Crippen molar-refractivity contribution in [3.8, 4) is 0 Å². The maximum atomic E-state index is 11.7. The first-order chi connectivity index (χ1) is 9.70. The van der Waals surface area contributed by atoms with E-state index in [1.807, 2.05) is 0 Å². The van der Waals surface area contributed by atoms with Gasteiger partial charge < -0.3 is 24.1 Å². The average molecular weight is 283 g/mol. The minimum absolute atomic E-state index is 0.0220. The molecule has 1 atom stereocenters. The Morgan fingerprint density at radius 3 is 3.20 bits per heavy atom. The molecule has 2 heterocycles. The number of oxazole rings is 1. The lowest BCUT2D eigenvalue weighted by atomic mass is 10.2. The van der Waals surface area contributed by atoms with Gasteiger partial charge in [0.1, 0.15) is 12.9 Å². The molecule has 8 nitrogen and oxygen atoms in total. The molecule has 8 heteroatoms. The van der Waals surface area contributed by atoms with E-state index in [0.29, 0.717) is 26.2 Å². The Balaban J connectivity index is 1.78. The van der Waals surface area contributed by atoms with Crippen molar-refractivity contribution in [2.45, 2.75) is 6.10 Å². The minimum atomic E-state index is -0.331. The quantitative estimate of drug-likeness (QED) is 0.740. The van der Waals surface area contributed by atoms with Crippen molar-refractivity contribution < 1.29 is 23.5 Å². The normalized spacial score (nSPS) is 19.1. The number of rotatable bonds is 6. The second kappa shape index (κ2) is 7.01. The summed E-state index contributed by atoms with van der Waals surface area (Å²) in [5.74, 6) is -0.399. The van der Waals surface area contributed by atoms with Crippen molar-refractivity contribution in [3.63, 3.8) is 0 Å². The van der Waals surface area contributed by atoms with Gasteiger partial charge in [0.2, 0.25) is 5.91 Å². The summed E-state index contributed by atoms with van der Waals surface area (Å²) in [5.41, 5.74) is 0.216. The van der Waals surface area contributed by atoms with Gasteiger partial charge in [0.25, 0.3) is 5.91 Å². The summed E-state index contributed by atoms with van der Waals surface area (Å²) in [5, 5.41) is 2.69. The molecule has 2 rings (SSSR count). The maximum Gasteiger partial charge on any atom is 0.273 e. The molecule has 1 saturated heterocycles. The van der Waals surface area contributed by atoms with Crippen LogP contribution in [0.2, 0.25) is 0 Å². The number of carbonyl (C=O) groups is 2. The van der Waals surface area contributed by atoms with Gasteiger partial charge in [0.15, 0.2) is 12.1 Å². The Kier molecular flexibility index (Phi) is 5.08. The first-order valence-electron chi connectivity index (χ1n) is 6.25. The number of methoxy groups -OCH3 is 1. The fourth-order valence-corrected chi connectivity index (χ4v) is 1.84. The zero-order valence-corrected chi connectivity index (χ0v) is 11.2. The van der Waals surface area contributed by atoms with E-state index < -0.39 is 0 Å². The number of hydrogen-bond acceptors (Lipinski definition) is 6. The van der Waals surface area contributed by atoms with Crippen molar-refractivity contribution in [1.82, 2.24) is 15.2 Å². The molecule has 0 spiro atoms. The second-order valence-corrected chi connectivity index (χ2v) is 4.35. The van der Waals surface area contributed by atoms with Crippen LogP contribution in [-0.4, -0.2) is 67.8 Å². The zero-order chi connectivity index (χ0) is 14.4. The summed E-state index contributed by atoms with van der Waals surface area (Å²) in [6.07, 6.45) is 2.23. The summed E-state index contributed by atoms with van der Waals surface area (Å²) >= 11 is 0. The molecule has 0 aromatic carbocycles. The Bertz CT molecular complexity index is 448. The molecule has 110 valence electrons. The van der Waals surface area contributed by atoms with Gasteiger partial charge in [-0.2, -0.15) is 0 Å². The molecule has 1 aliphatic rings. The lowest BCUT2D eigenvalue weighted by Crippen LogP contribution is -2.51. The van der Waals surface area contributed by atoms with Gasteiger partial charge in [-0.15, -0.1) is 0 Å². The highest BCUT2D eigenvalue weighted by atomic mass is 16.5. The smallest absolute Gasteiger partial charge is 0.273 e. The van der Waals surface area contributed by atoms with Crippen LogP contribution < -0.4 is 5.32 Å². The number of ether oxygens (including phenoxy) is 2. The molecule has 0 aliphatic carbocycles. The van der Waals surface area contributed by atoms with Crippen molar-refractivity contribution in [1.29, 1.82) is 0 Å². The number of nitrogens with one attached hydrogen (secondary N) is 1. The van der Waals surface area contributed by atoms with Crippen molar-refractivity contribution in [2.75, 3.05) is 40.0 Å². The highest BCUT2D eigenvalue weighted by Crippen LogP contribution is 2.06. The first kappa shape index (κ1) is 14.5. The second-order valence-electron chi connectivity index (χ2n) is 4.35. The molecule has 1 fully saturated rings. The topological polar surface area (TPSA) is 93.9 Å². The number of morpholine rings is 1. The zero-order valence-electron chi connectivity index (χ0n) is 11.2. The lowest BCUT2D eigenvalue weighted by Gasteiger charge is -2.32. The Hall–Kier alpha value is -1.93. The number of amides is 2. The molecule has 0 radical (unpaired) electrons. The van der Waals surface area contributed by atoms with Gasteiger partial charge in [0, 0.05) is 26.7 Å². The van der Waals surface area contributed by atoms with Crippen LogP contribution in [0.25, 0.3) is 0 Å². The van der Waals surface area contributed by atoms with E-state index in [0.717, 1.165) is 0 Å². The summed E-state index contributed by atoms with van der Waals surface area (Å²) in [4.78, 5) is 28.7. The van der Waals surface area contributed by atoms with E-state index in [1.54, 1.807) is 12.0 Å². The lowest BCUT2D eigenvalue weighted by molar-refractivity contribution is -0.149. The third kappa shape index (κ3) is 3.78. The van der Waals surface area contributed by atoms with Gasteiger partial charge in [0.05, 0.1) is 12.7 Å². The molecule has 20 heavy (non-hydrogen) atoms. The van der Waals surface area contributed by atoms with E-state index in [2.05, 4.69) is 10.3 Å². The highest BCUT2D eigenvalue weighted by Gasteiger charge is 2.26. The van der Waals surface area contributed by atoms with Crippen LogP contribution in [0.1, 0.15) is 10.5 Å². The summed E-state index contributed by atoms with van der Waals surface area (Å²) < 4.78 is 15.1. The van der Waals surface area contributed by atoms with E-state index in [1.165, 1.54) is 12.7 Å². The first-order valence-corrected chi connectivity index (χ1v) is 6.25. The van der Waals surface area contributed by atoms with Gasteiger partial charge in [-0.1, -0.05) is 0 Å². The fraction of sp³-hybridized carbons (Fsp3) is 0.583. The number of nitrogens with zero attached hydrogens (tertiary/aromatic N) is 2. The summed E-state index contributed by atoms with van der Waals surface area (Å²) in [6.45, 7) is 1.76. The van der Waals surface area contributed by atoms with E-state index in [9.17, 15) is 9.59 Å². The van der Waals surface area contributed by atoms with Crippen LogP contribution in [0.3, 0.4) is 0 Å². The predicted molar refractivity (Wildman–Crippen MR) is 67.0 cm³/mol. The molecule has 1 N–H and O–H groups in total. The molecule has 2 amide bonds. The van der Waals surface area contributed by atoms with Crippen LogP contribution in [0, 0.1) is 0 Å². The van der Waals surface area contributed by atoms with Crippen molar-refractivity contribution >= 4 is 11.8 Å². The van der Waals surface area contributed by atoms with Crippen molar-refractivity contribution in [3.05, 3.63) is 18.4 Å². The van der Waals surface area contributed by atoms with Gasteiger partial charge in [-0.25, -0.2) is 4.98 Å². The largest absolute Gasteiger partial charge is 0.451 e. The Labute approximate surface area is 116 Å². The predicted octanol–water partition coefficient (Wildman–Crippen LogP) is -0.722. The average Bonchev–Trinajstić information content (AvgIpc) is 2.99. The molecule has 1 aliphatic heterocycles. The van der Waals surface area contributed by atoms with Crippen LogP contribution in [0.4, 0.5) is 0 Å². The standard InChI is InChI=1S/C12H17N3O5/c1-18-3-2-15-5-9(20-7-11(15)16)4-13-12(17)10-6-19-8-14-10/h6,8-9H,2-5,7H2,1H3,(H,13,17). The van der Waals surface area contributed by atoms with Crippen LogP contribution in [0.5, 0.6) is 0 Å². The fourth-order valence-electron chi connectivity index (χ4n) is 1.84. The van der Waals surface area contributed by atoms with Gasteiger partial charge in [-0.05, 0) is 0 Å². The summed E-state index contributed by atoms with van der Waals surface area (Å²) in [6, 6.07) is 0. The van der Waals surface area contributed by atoms with Gasteiger partial charge >= 0.3 is 0 Å². The maximum absolute atomic E-state index is 11.7. The molecule has 0 saturated carbocycles. The number of aromatic nitrogens is 1. The molecule has 1 aromatic heterocycles. The number of hydrogen-bond donors (Lipinski definition) is 1. The number of carbonyl (C=O) groups excluding carboxylic acids is 2. The monoisotopic (exact) mass is 283 g/mol.